The van der Waals surface area contributed by atoms with Crippen LogP contribution in [0.1, 0.15) is 35.2 Å². The fraction of sp³-hybridized carbons (Fsp3) is 0.333. The minimum Gasteiger partial charge on any atom is -0.497 e. The van der Waals surface area contributed by atoms with Gasteiger partial charge < -0.3 is 4.74 Å². The first kappa shape index (κ1) is 17.5. The van der Waals surface area contributed by atoms with Gasteiger partial charge in [0.2, 0.25) is 10.0 Å². The number of methoxy groups -OCH3 is 1. The molecule has 0 fully saturated rings. The zero-order chi connectivity index (χ0) is 17.2. The number of aryl methyl sites for hydroxylation is 3. The van der Waals surface area contributed by atoms with Crippen molar-refractivity contribution in [2.24, 2.45) is 0 Å². The van der Waals surface area contributed by atoms with E-state index in [-0.39, 0.29) is 6.04 Å². The lowest BCUT2D eigenvalue weighted by molar-refractivity contribution is 0.413. The van der Waals surface area contributed by atoms with Crippen LogP contribution in [0.15, 0.2) is 41.3 Å². The molecule has 5 heteroatoms. The van der Waals surface area contributed by atoms with E-state index in [4.69, 9.17) is 4.74 Å². The van der Waals surface area contributed by atoms with Crippen LogP contribution in [-0.4, -0.2) is 15.5 Å². The second-order valence-corrected chi connectivity index (χ2v) is 7.49. The Labute approximate surface area is 138 Å². The number of ether oxygens (including phenoxy) is 1. The van der Waals surface area contributed by atoms with Gasteiger partial charge in [-0.05, 0) is 56.5 Å². The van der Waals surface area contributed by atoms with Gasteiger partial charge in [0.1, 0.15) is 5.75 Å². The molecule has 0 saturated carbocycles. The SMILES string of the molecule is COc1cc(C)c(S(=O)(=O)N[C@@H](C)c2ccc(C)cc2)c(C)c1. The molecule has 2 aromatic rings. The van der Waals surface area contributed by atoms with E-state index in [1.807, 2.05) is 38.1 Å². The van der Waals surface area contributed by atoms with E-state index >= 15 is 0 Å². The Hall–Kier alpha value is -1.85. The van der Waals surface area contributed by atoms with Crippen molar-refractivity contribution in [3.63, 3.8) is 0 Å². The summed E-state index contributed by atoms with van der Waals surface area (Å²) >= 11 is 0. The summed E-state index contributed by atoms with van der Waals surface area (Å²) in [5.74, 6) is 0.658. The summed E-state index contributed by atoms with van der Waals surface area (Å²) < 4.78 is 33.5. The third-order valence-corrected chi connectivity index (χ3v) is 5.69. The van der Waals surface area contributed by atoms with Gasteiger partial charge in [0.05, 0.1) is 12.0 Å². The number of rotatable bonds is 5. The summed E-state index contributed by atoms with van der Waals surface area (Å²) in [6.07, 6.45) is 0. The standard InChI is InChI=1S/C18H23NO3S/c1-12-6-8-16(9-7-12)15(4)19-23(20,21)18-13(2)10-17(22-5)11-14(18)3/h6-11,15,19H,1-5H3/t15-/m0/s1. The Morgan fingerprint density at radius 2 is 1.52 bits per heavy atom. The van der Waals surface area contributed by atoms with Gasteiger partial charge in [-0.1, -0.05) is 29.8 Å². The monoisotopic (exact) mass is 333 g/mol. The predicted molar refractivity (Wildman–Crippen MR) is 92.4 cm³/mol. The van der Waals surface area contributed by atoms with E-state index in [2.05, 4.69) is 4.72 Å². The fourth-order valence-corrected chi connectivity index (χ4v) is 4.35. The largest absolute Gasteiger partial charge is 0.497 e. The number of benzene rings is 2. The maximum atomic E-state index is 12.8. The van der Waals surface area contributed by atoms with Gasteiger partial charge >= 0.3 is 0 Å². The quantitative estimate of drug-likeness (QED) is 0.908. The number of hydrogen-bond donors (Lipinski definition) is 1. The Balaban J connectivity index is 2.34. The van der Waals surface area contributed by atoms with Gasteiger partial charge in [0.15, 0.2) is 0 Å². The molecule has 0 aliphatic carbocycles. The molecule has 0 heterocycles. The maximum absolute atomic E-state index is 12.8. The van der Waals surface area contributed by atoms with Crippen molar-refractivity contribution in [3.05, 3.63) is 58.7 Å². The van der Waals surface area contributed by atoms with E-state index in [0.717, 1.165) is 11.1 Å². The van der Waals surface area contributed by atoms with Crippen LogP contribution in [0.2, 0.25) is 0 Å². The van der Waals surface area contributed by atoms with Crippen LogP contribution in [-0.2, 0) is 10.0 Å². The van der Waals surface area contributed by atoms with Crippen LogP contribution in [0.4, 0.5) is 0 Å². The van der Waals surface area contributed by atoms with Crippen molar-refractivity contribution in [2.75, 3.05) is 7.11 Å². The smallest absolute Gasteiger partial charge is 0.241 e. The van der Waals surface area contributed by atoms with Gasteiger partial charge in [-0.15, -0.1) is 0 Å². The second-order valence-electron chi connectivity index (χ2n) is 5.84. The lowest BCUT2D eigenvalue weighted by Gasteiger charge is -2.18. The van der Waals surface area contributed by atoms with E-state index in [9.17, 15) is 8.42 Å². The number of hydrogen-bond acceptors (Lipinski definition) is 3. The second kappa shape index (κ2) is 6.72. The number of sulfonamides is 1. The molecule has 0 amide bonds. The first-order chi connectivity index (χ1) is 10.7. The van der Waals surface area contributed by atoms with Gasteiger partial charge in [0.25, 0.3) is 0 Å². The predicted octanol–water partition coefficient (Wildman–Crippen LogP) is 3.66. The Bertz CT molecular complexity index is 773. The zero-order valence-electron chi connectivity index (χ0n) is 14.2. The highest BCUT2D eigenvalue weighted by Crippen LogP contribution is 2.27. The van der Waals surface area contributed by atoms with Crippen LogP contribution in [0.25, 0.3) is 0 Å². The molecule has 4 nitrogen and oxygen atoms in total. The molecule has 0 spiro atoms. The summed E-state index contributed by atoms with van der Waals surface area (Å²) in [6, 6.07) is 11.0. The molecule has 0 aliphatic heterocycles. The summed E-state index contributed by atoms with van der Waals surface area (Å²) in [7, 11) is -2.04. The summed E-state index contributed by atoms with van der Waals surface area (Å²) in [6.45, 7) is 7.40. The van der Waals surface area contributed by atoms with Crippen LogP contribution in [0.5, 0.6) is 5.75 Å². The first-order valence-corrected chi connectivity index (χ1v) is 8.97. The van der Waals surface area contributed by atoms with Crippen molar-refractivity contribution in [2.45, 2.75) is 38.6 Å². The van der Waals surface area contributed by atoms with Crippen LogP contribution in [0, 0.1) is 20.8 Å². The molecule has 23 heavy (non-hydrogen) atoms. The average molecular weight is 333 g/mol. The van der Waals surface area contributed by atoms with Gasteiger partial charge in [-0.2, -0.15) is 0 Å². The van der Waals surface area contributed by atoms with Crippen molar-refractivity contribution in [3.8, 4) is 5.75 Å². The molecule has 1 N–H and O–H groups in total. The van der Waals surface area contributed by atoms with Crippen LogP contribution in [0.3, 0.4) is 0 Å². The molecule has 0 aliphatic rings. The molecule has 0 unspecified atom stereocenters. The Kier molecular flexibility index (Phi) is 5.12. The fourth-order valence-electron chi connectivity index (χ4n) is 2.67. The lowest BCUT2D eigenvalue weighted by atomic mass is 10.1. The lowest BCUT2D eigenvalue weighted by Crippen LogP contribution is -2.28. The summed E-state index contributed by atoms with van der Waals surface area (Å²) in [4.78, 5) is 0.317. The molecule has 0 bridgehead atoms. The van der Waals surface area contributed by atoms with Crippen LogP contribution >= 0.6 is 0 Å². The first-order valence-electron chi connectivity index (χ1n) is 7.48. The van der Waals surface area contributed by atoms with Crippen molar-refractivity contribution in [1.82, 2.24) is 4.72 Å². The van der Waals surface area contributed by atoms with Crippen molar-refractivity contribution in [1.29, 1.82) is 0 Å². The highest BCUT2D eigenvalue weighted by molar-refractivity contribution is 7.89. The maximum Gasteiger partial charge on any atom is 0.241 e. The van der Waals surface area contributed by atoms with Gasteiger partial charge in [0, 0.05) is 6.04 Å². The Morgan fingerprint density at radius 1 is 1.00 bits per heavy atom. The van der Waals surface area contributed by atoms with Crippen molar-refractivity contribution < 1.29 is 13.2 Å². The highest BCUT2D eigenvalue weighted by atomic mass is 32.2. The molecule has 2 rings (SSSR count). The van der Waals surface area contributed by atoms with E-state index in [0.29, 0.717) is 21.8 Å². The molecule has 124 valence electrons. The third-order valence-electron chi connectivity index (χ3n) is 3.85. The molecule has 1 atom stereocenters. The molecular weight excluding hydrogens is 310 g/mol. The molecule has 0 radical (unpaired) electrons. The van der Waals surface area contributed by atoms with Crippen LogP contribution < -0.4 is 9.46 Å². The number of nitrogens with one attached hydrogen (secondary N) is 1. The summed E-state index contributed by atoms with van der Waals surface area (Å²) in [5, 5.41) is 0. The topological polar surface area (TPSA) is 55.4 Å². The molecule has 2 aromatic carbocycles. The summed E-state index contributed by atoms with van der Waals surface area (Å²) in [5.41, 5.74) is 3.42. The van der Waals surface area contributed by atoms with E-state index in [1.54, 1.807) is 33.1 Å². The normalized spacial score (nSPS) is 12.9. The molecular formula is C18H23NO3S. The van der Waals surface area contributed by atoms with E-state index < -0.39 is 10.0 Å². The minimum atomic E-state index is -3.61. The zero-order valence-corrected chi connectivity index (χ0v) is 15.0. The Morgan fingerprint density at radius 3 is 2.00 bits per heavy atom. The third kappa shape index (κ3) is 3.92. The van der Waals surface area contributed by atoms with Gasteiger partial charge in [-0.25, -0.2) is 13.1 Å². The van der Waals surface area contributed by atoms with Gasteiger partial charge in [-0.3, -0.25) is 0 Å². The average Bonchev–Trinajstić information content (AvgIpc) is 2.46. The highest BCUT2D eigenvalue weighted by Gasteiger charge is 2.23. The molecule has 0 saturated heterocycles. The van der Waals surface area contributed by atoms with E-state index in [1.165, 1.54) is 0 Å². The van der Waals surface area contributed by atoms with Crippen molar-refractivity contribution >= 4 is 10.0 Å². The molecule has 0 aromatic heterocycles. The minimum absolute atomic E-state index is 0.304.